The third-order valence-electron chi connectivity index (χ3n) is 1.73. The molecule has 0 aliphatic carbocycles. The lowest BCUT2D eigenvalue weighted by Crippen LogP contribution is -2.05. The Kier molecular flexibility index (Phi) is 2.86. The van der Waals surface area contributed by atoms with E-state index in [0.29, 0.717) is 10.9 Å². The summed E-state index contributed by atoms with van der Waals surface area (Å²) in [4.78, 5) is 4.37. The van der Waals surface area contributed by atoms with Crippen LogP contribution in [0.5, 0.6) is 0 Å². The van der Waals surface area contributed by atoms with Crippen LogP contribution < -0.4 is 5.32 Å². The quantitative estimate of drug-likeness (QED) is 0.878. The summed E-state index contributed by atoms with van der Waals surface area (Å²) < 4.78 is 5.95. The first kappa shape index (κ1) is 9.71. The van der Waals surface area contributed by atoms with Crippen molar-refractivity contribution in [1.82, 2.24) is 10.3 Å². The van der Waals surface area contributed by atoms with Crippen LogP contribution in [-0.2, 0) is 6.54 Å². The molecule has 2 heterocycles. The summed E-state index contributed by atoms with van der Waals surface area (Å²) in [5.41, 5.74) is 0.866. The van der Waals surface area contributed by atoms with Gasteiger partial charge in [0.25, 0.3) is 0 Å². The highest BCUT2D eigenvalue weighted by Crippen LogP contribution is 2.31. The number of nitrogens with zero attached hydrogens (tertiary/aromatic N) is 1. The fourth-order valence-electron chi connectivity index (χ4n) is 1.12. The summed E-state index contributed by atoms with van der Waals surface area (Å²) in [5.74, 6) is 0.763. The molecular weight excluding hydrogens is 220 g/mol. The first-order chi connectivity index (χ1) is 6.81. The maximum atomic E-state index is 6.01. The Morgan fingerprint density at radius 1 is 1.64 bits per heavy atom. The highest BCUT2D eigenvalue weighted by atomic mass is 35.5. The molecule has 0 saturated carbocycles. The zero-order valence-corrected chi connectivity index (χ0v) is 9.15. The molecule has 0 spiro atoms. The van der Waals surface area contributed by atoms with Crippen LogP contribution in [0.3, 0.4) is 0 Å². The van der Waals surface area contributed by atoms with E-state index in [1.54, 1.807) is 6.26 Å². The maximum Gasteiger partial charge on any atom is 0.162 e. The van der Waals surface area contributed by atoms with Gasteiger partial charge in [0.05, 0.1) is 12.0 Å². The van der Waals surface area contributed by atoms with Crippen molar-refractivity contribution in [3.05, 3.63) is 28.4 Å². The second kappa shape index (κ2) is 4.13. The molecule has 0 radical (unpaired) electrons. The minimum atomic E-state index is 0.677. The highest BCUT2D eigenvalue weighted by molar-refractivity contribution is 7.19. The molecule has 0 atom stereocenters. The normalized spacial score (nSPS) is 10.7. The van der Waals surface area contributed by atoms with Crippen molar-refractivity contribution >= 4 is 22.9 Å². The molecule has 1 N–H and O–H groups in total. The Bertz CT molecular complexity index is 410. The van der Waals surface area contributed by atoms with Gasteiger partial charge in [0.1, 0.15) is 4.34 Å². The first-order valence-electron chi connectivity index (χ1n) is 4.15. The van der Waals surface area contributed by atoms with Gasteiger partial charge in [0.15, 0.2) is 10.8 Å². The van der Waals surface area contributed by atoms with Crippen LogP contribution in [0, 0.1) is 0 Å². The van der Waals surface area contributed by atoms with Gasteiger partial charge in [-0.1, -0.05) is 22.9 Å². The minimum Gasteiger partial charge on any atom is -0.462 e. The van der Waals surface area contributed by atoms with Crippen molar-refractivity contribution < 1.29 is 4.42 Å². The molecule has 2 aromatic rings. The van der Waals surface area contributed by atoms with Crippen LogP contribution in [0.25, 0.3) is 10.8 Å². The van der Waals surface area contributed by atoms with Crippen molar-refractivity contribution in [2.75, 3.05) is 7.05 Å². The van der Waals surface area contributed by atoms with E-state index in [0.717, 1.165) is 16.5 Å². The summed E-state index contributed by atoms with van der Waals surface area (Å²) in [6.45, 7) is 0.677. The summed E-state index contributed by atoms with van der Waals surface area (Å²) in [6.07, 6.45) is 1.63. The number of hydrogen-bond acceptors (Lipinski definition) is 4. The van der Waals surface area contributed by atoms with Gasteiger partial charge < -0.3 is 9.73 Å². The van der Waals surface area contributed by atoms with E-state index in [-0.39, 0.29) is 0 Å². The Balaban J connectivity index is 2.33. The summed E-state index contributed by atoms with van der Waals surface area (Å²) >= 11 is 7.45. The summed E-state index contributed by atoms with van der Waals surface area (Å²) in [7, 11) is 1.86. The molecule has 0 fully saturated rings. The van der Waals surface area contributed by atoms with Gasteiger partial charge in [-0.25, -0.2) is 4.98 Å². The molecular formula is C9H9ClN2OS. The zero-order valence-electron chi connectivity index (χ0n) is 7.58. The molecule has 3 nitrogen and oxygen atoms in total. The van der Waals surface area contributed by atoms with E-state index < -0.39 is 0 Å². The van der Waals surface area contributed by atoms with E-state index in [9.17, 15) is 0 Å². The second-order valence-corrected chi connectivity index (χ2v) is 4.35. The van der Waals surface area contributed by atoms with Crippen LogP contribution in [0.1, 0.15) is 5.69 Å². The van der Waals surface area contributed by atoms with Gasteiger partial charge in [-0.2, -0.15) is 0 Å². The first-order valence-corrected chi connectivity index (χ1v) is 5.34. The number of aromatic nitrogens is 1. The smallest absolute Gasteiger partial charge is 0.162 e. The van der Waals surface area contributed by atoms with Gasteiger partial charge in [-0.15, -0.1) is 0 Å². The van der Waals surface area contributed by atoms with E-state index in [2.05, 4.69) is 10.3 Å². The largest absolute Gasteiger partial charge is 0.462 e. The number of furan rings is 1. The molecule has 0 aromatic carbocycles. The van der Waals surface area contributed by atoms with Gasteiger partial charge in [0, 0.05) is 6.54 Å². The van der Waals surface area contributed by atoms with Crippen LogP contribution in [0.15, 0.2) is 22.8 Å². The van der Waals surface area contributed by atoms with Crippen molar-refractivity contribution in [2.45, 2.75) is 6.54 Å². The van der Waals surface area contributed by atoms with Crippen molar-refractivity contribution in [3.63, 3.8) is 0 Å². The number of nitrogens with one attached hydrogen (secondary N) is 1. The molecule has 0 saturated heterocycles. The SMILES string of the molecule is CNCc1nc(-c2ccco2)sc1Cl. The topological polar surface area (TPSA) is 38.1 Å². The van der Waals surface area contributed by atoms with E-state index in [4.69, 9.17) is 16.0 Å². The molecule has 5 heteroatoms. The fourth-order valence-corrected chi connectivity index (χ4v) is 2.22. The van der Waals surface area contributed by atoms with Crippen LogP contribution >= 0.6 is 22.9 Å². The van der Waals surface area contributed by atoms with Crippen molar-refractivity contribution in [2.24, 2.45) is 0 Å². The number of rotatable bonds is 3. The van der Waals surface area contributed by atoms with Crippen molar-refractivity contribution in [3.8, 4) is 10.8 Å². The standard InChI is InChI=1S/C9H9ClN2OS/c1-11-5-6-8(10)14-9(12-6)7-3-2-4-13-7/h2-4,11H,5H2,1H3. The molecule has 0 bridgehead atoms. The van der Waals surface area contributed by atoms with Gasteiger partial charge in [-0.3, -0.25) is 0 Å². The number of thiazole rings is 1. The lowest BCUT2D eigenvalue weighted by molar-refractivity contribution is 0.581. The minimum absolute atomic E-state index is 0.677. The predicted octanol–water partition coefficient (Wildman–Crippen LogP) is 2.78. The van der Waals surface area contributed by atoms with E-state index >= 15 is 0 Å². The summed E-state index contributed by atoms with van der Waals surface area (Å²) in [6, 6.07) is 3.71. The Morgan fingerprint density at radius 2 is 2.50 bits per heavy atom. The Morgan fingerprint density at radius 3 is 3.14 bits per heavy atom. The van der Waals surface area contributed by atoms with Gasteiger partial charge in [0.2, 0.25) is 0 Å². The average molecular weight is 229 g/mol. The van der Waals surface area contributed by atoms with Crippen LogP contribution in [0.2, 0.25) is 4.34 Å². The third kappa shape index (κ3) is 1.82. The molecule has 0 amide bonds. The summed E-state index contributed by atoms with van der Waals surface area (Å²) in [5, 5.41) is 3.84. The zero-order chi connectivity index (χ0) is 9.97. The predicted molar refractivity (Wildman–Crippen MR) is 57.6 cm³/mol. The lowest BCUT2D eigenvalue weighted by Gasteiger charge is -1.92. The Labute approximate surface area is 90.7 Å². The molecule has 14 heavy (non-hydrogen) atoms. The highest BCUT2D eigenvalue weighted by Gasteiger charge is 2.11. The second-order valence-electron chi connectivity index (χ2n) is 2.75. The van der Waals surface area contributed by atoms with Crippen molar-refractivity contribution in [1.29, 1.82) is 0 Å². The molecule has 74 valence electrons. The van der Waals surface area contributed by atoms with E-state index in [1.165, 1.54) is 11.3 Å². The monoisotopic (exact) mass is 228 g/mol. The lowest BCUT2D eigenvalue weighted by atomic mass is 10.4. The maximum absolute atomic E-state index is 6.01. The van der Waals surface area contributed by atoms with Gasteiger partial charge >= 0.3 is 0 Å². The third-order valence-corrected chi connectivity index (χ3v) is 3.08. The Hall–Kier alpha value is -0.840. The number of hydrogen-bond donors (Lipinski definition) is 1. The van der Waals surface area contributed by atoms with E-state index in [1.807, 2.05) is 19.2 Å². The van der Waals surface area contributed by atoms with Crippen LogP contribution in [-0.4, -0.2) is 12.0 Å². The average Bonchev–Trinajstić information content (AvgIpc) is 2.76. The van der Waals surface area contributed by atoms with Gasteiger partial charge in [-0.05, 0) is 19.2 Å². The molecule has 0 aliphatic heterocycles. The molecule has 2 rings (SSSR count). The molecule has 2 aromatic heterocycles. The molecule has 0 unspecified atom stereocenters. The number of halogens is 1. The fraction of sp³-hybridized carbons (Fsp3) is 0.222. The van der Waals surface area contributed by atoms with Crippen LogP contribution in [0.4, 0.5) is 0 Å². The molecule has 0 aliphatic rings.